The molecule has 0 saturated carbocycles. The van der Waals surface area contributed by atoms with Gasteiger partial charge in [-0.15, -0.1) is 0 Å². The fourth-order valence-electron chi connectivity index (χ4n) is 2.78. The Bertz CT molecular complexity index is 530. The molecule has 0 aliphatic carbocycles. The van der Waals surface area contributed by atoms with Crippen LogP contribution < -0.4 is 11.1 Å². The molecule has 1 aliphatic rings. The van der Waals surface area contributed by atoms with Crippen molar-refractivity contribution in [3.8, 4) is 0 Å². The van der Waals surface area contributed by atoms with E-state index in [1.807, 2.05) is 19.1 Å². The van der Waals surface area contributed by atoms with E-state index in [1.54, 1.807) is 6.07 Å². The molecule has 1 fully saturated rings. The van der Waals surface area contributed by atoms with Crippen LogP contribution in [0.25, 0.3) is 0 Å². The molecule has 4 nitrogen and oxygen atoms in total. The molecule has 5 heteroatoms. The average molecular weight is 310 g/mol. The third kappa shape index (κ3) is 4.19. The van der Waals surface area contributed by atoms with Crippen molar-refractivity contribution in [3.63, 3.8) is 0 Å². The van der Waals surface area contributed by atoms with Crippen molar-refractivity contribution in [3.05, 3.63) is 28.8 Å². The fraction of sp³-hybridized carbons (Fsp3) is 0.562. The number of carbonyl (C=O) groups excluding carboxylic acids is 1. The van der Waals surface area contributed by atoms with Crippen molar-refractivity contribution in [2.45, 2.75) is 33.2 Å². The molecule has 1 aromatic carbocycles. The van der Waals surface area contributed by atoms with E-state index in [9.17, 15) is 4.79 Å². The highest BCUT2D eigenvalue weighted by atomic mass is 35.5. The van der Waals surface area contributed by atoms with Gasteiger partial charge in [0.25, 0.3) is 0 Å². The van der Waals surface area contributed by atoms with Gasteiger partial charge < -0.3 is 11.1 Å². The van der Waals surface area contributed by atoms with Crippen molar-refractivity contribution >= 4 is 23.2 Å². The normalized spacial score (nSPS) is 22.0. The highest BCUT2D eigenvalue weighted by Crippen LogP contribution is 2.27. The molecule has 1 aromatic rings. The van der Waals surface area contributed by atoms with Crippen LogP contribution in [0.4, 0.5) is 5.69 Å². The molecule has 1 unspecified atom stereocenters. The van der Waals surface area contributed by atoms with Crippen molar-refractivity contribution in [2.24, 2.45) is 11.1 Å². The second-order valence-corrected chi connectivity index (χ2v) is 7.04. The average Bonchev–Trinajstić information content (AvgIpc) is 2.37. The molecule has 0 bridgehead atoms. The minimum atomic E-state index is 0.00620. The third-order valence-electron chi connectivity index (χ3n) is 4.22. The van der Waals surface area contributed by atoms with Crippen LogP contribution in [-0.4, -0.2) is 36.5 Å². The summed E-state index contributed by atoms with van der Waals surface area (Å²) in [5.41, 5.74) is 7.96. The van der Waals surface area contributed by atoms with Crippen LogP contribution >= 0.6 is 11.6 Å². The van der Waals surface area contributed by atoms with E-state index in [4.69, 9.17) is 17.3 Å². The first kappa shape index (κ1) is 16.3. The highest BCUT2D eigenvalue weighted by molar-refractivity contribution is 6.30. The van der Waals surface area contributed by atoms with E-state index in [0.717, 1.165) is 30.8 Å². The summed E-state index contributed by atoms with van der Waals surface area (Å²) in [4.78, 5) is 14.4. The Labute approximate surface area is 131 Å². The molecule has 116 valence electrons. The molecular weight excluding hydrogens is 286 g/mol. The van der Waals surface area contributed by atoms with Crippen LogP contribution in [0.2, 0.25) is 5.02 Å². The number of halogens is 1. The van der Waals surface area contributed by atoms with Gasteiger partial charge >= 0.3 is 0 Å². The number of anilines is 1. The summed E-state index contributed by atoms with van der Waals surface area (Å²) in [5.74, 6) is 0.00620. The third-order valence-corrected chi connectivity index (χ3v) is 4.46. The molecule has 1 aliphatic heterocycles. The van der Waals surface area contributed by atoms with Crippen molar-refractivity contribution in [2.75, 3.05) is 25.0 Å². The number of likely N-dealkylation sites (tertiary alicyclic amines) is 1. The Morgan fingerprint density at radius 1 is 1.52 bits per heavy atom. The van der Waals surface area contributed by atoms with E-state index in [2.05, 4.69) is 24.1 Å². The van der Waals surface area contributed by atoms with Gasteiger partial charge in [-0.3, -0.25) is 9.69 Å². The molecule has 2 rings (SSSR count). The lowest BCUT2D eigenvalue weighted by Gasteiger charge is -2.42. The number of rotatable bonds is 3. The highest BCUT2D eigenvalue weighted by Gasteiger charge is 2.33. The van der Waals surface area contributed by atoms with Gasteiger partial charge in [0.05, 0.1) is 6.54 Å². The maximum absolute atomic E-state index is 12.2. The Balaban J connectivity index is 1.93. The van der Waals surface area contributed by atoms with Gasteiger partial charge in [-0.1, -0.05) is 25.4 Å². The van der Waals surface area contributed by atoms with E-state index in [0.29, 0.717) is 11.6 Å². The second-order valence-electron chi connectivity index (χ2n) is 6.60. The Morgan fingerprint density at radius 3 is 2.86 bits per heavy atom. The number of amides is 1. The lowest BCUT2D eigenvalue weighted by Crippen LogP contribution is -2.53. The summed E-state index contributed by atoms with van der Waals surface area (Å²) < 4.78 is 0. The van der Waals surface area contributed by atoms with E-state index >= 15 is 0 Å². The number of carbonyl (C=O) groups is 1. The minimum absolute atomic E-state index is 0.00620. The number of hydrogen-bond acceptors (Lipinski definition) is 3. The second kappa shape index (κ2) is 6.34. The molecule has 21 heavy (non-hydrogen) atoms. The van der Waals surface area contributed by atoms with Gasteiger partial charge in [-0.25, -0.2) is 0 Å². The molecular formula is C16H24ClN3O. The molecule has 0 spiro atoms. The first-order valence-corrected chi connectivity index (χ1v) is 7.70. The summed E-state index contributed by atoms with van der Waals surface area (Å²) in [6.07, 6.45) is 0.931. The van der Waals surface area contributed by atoms with Gasteiger partial charge in [-0.2, -0.15) is 0 Å². The monoisotopic (exact) mass is 309 g/mol. The zero-order valence-electron chi connectivity index (χ0n) is 12.9. The van der Waals surface area contributed by atoms with Crippen LogP contribution in [0.5, 0.6) is 0 Å². The van der Waals surface area contributed by atoms with Gasteiger partial charge in [0.1, 0.15) is 0 Å². The molecule has 1 atom stereocenters. The quantitative estimate of drug-likeness (QED) is 0.902. The number of nitrogens with zero attached hydrogens (tertiary/aromatic N) is 1. The summed E-state index contributed by atoms with van der Waals surface area (Å²) in [6, 6.07) is 5.68. The van der Waals surface area contributed by atoms with Crippen molar-refractivity contribution in [1.29, 1.82) is 0 Å². The number of benzene rings is 1. The van der Waals surface area contributed by atoms with Crippen molar-refractivity contribution in [1.82, 2.24) is 4.90 Å². The van der Waals surface area contributed by atoms with Gasteiger partial charge in [0.15, 0.2) is 0 Å². The zero-order chi connectivity index (χ0) is 15.6. The number of piperidine rings is 1. The fourth-order valence-corrected chi connectivity index (χ4v) is 3.01. The predicted octanol–water partition coefficient (Wildman–Crippen LogP) is 2.65. The minimum Gasteiger partial charge on any atom is -0.327 e. The summed E-state index contributed by atoms with van der Waals surface area (Å²) in [6.45, 7) is 8.37. The Morgan fingerprint density at radius 2 is 2.24 bits per heavy atom. The molecule has 0 aromatic heterocycles. The van der Waals surface area contributed by atoms with Gasteiger partial charge in [0, 0.05) is 29.8 Å². The lowest BCUT2D eigenvalue weighted by molar-refractivity contribution is -0.118. The molecule has 1 amide bonds. The lowest BCUT2D eigenvalue weighted by atomic mass is 9.80. The first-order chi connectivity index (χ1) is 9.78. The number of nitrogens with one attached hydrogen (secondary N) is 1. The Kier molecular flexibility index (Phi) is 4.91. The number of nitrogens with two attached hydrogens (primary N) is 1. The van der Waals surface area contributed by atoms with Gasteiger partial charge in [0.2, 0.25) is 5.91 Å². The SMILES string of the molecule is Cc1cc(Cl)ccc1NC(=O)CN1CCC(N)C(C)(C)C1. The topological polar surface area (TPSA) is 58.4 Å². The smallest absolute Gasteiger partial charge is 0.238 e. The van der Waals surface area contributed by atoms with E-state index < -0.39 is 0 Å². The van der Waals surface area contributed by atoms with Crippen molar-refractivity contribution < 1.29 is 4.79 Å². The van der Waals surface area contributed by atoms with Crippen LogP contribution in [0.1, 0.15) is 25.8 Å². The van der Waals surface area contributed by atoms with Crippen LogP contribution in [0, 0.1) is 12.3 Å². The summed E-state index contributed by atoms with van der Waals surface area (Å²) >= 11 is 5.92. The molecule has 3 N–H and O–H groups in total. The number of aryl methyl sites for hydroxylation is 1. The van der Waals surface area contributed by atoms with Crippen LogP contribution in [0.3, 0.4) is 0 Å². The molecule has 1 heterocycles. The summed E-state index contributed by atoms with van der Waals surface area (Å²) in [5, 5.41) is 3.63. The van der Waals surface area contributed by atoms with E-state index in [-0.39, 0.29) is 17.4 Å². The maximum Gasteiger partial charge on any atom is 0.238 e. The zero-order valence-corrected chi connectivity index (χ0v) is 13.7. The van der Waals surface area contributed by atoms with Crippen LogP contribution in [0.15, 0.2) is 18.2 Å². The standard InChI is InChI=1S/C16H24ClN3O/c1-11-8-12(17)4-5-13(11)19-15(21)9-20-7-6-14(18)16(2,3)10-20/h4-5,8,14H,6-7,9-10,18H2,1-3H3,(H,19,21). The molecule has 0 radical (unpaired) electrons. The van der Waals surface area contributed by atoms with E-state index in [1.165, 1.54) is 0 Å². The first-order valence-electron chi connectivity index (χ1n) is 7.32. The Hall–Kier alpha value is -1.10. The number of hydrogen-bond donors (Lipinski definition) is 2. The molecule has 1 saturated heterocycles. The largest absolute Gasteiger partial charge is 0.327 e. The van der Waals surface area contributed by atoms with Gasteiger partial charge in [-0.05, 0) is 42.5 Å². The predicted molar refractivity (Wildman–Crippen MR) is 87.6 cm³/mol. The summed E-state index contributed by atoms with van der Waals surface area (Å²) in [7, 11) is 0. The maximum atomic E-state index is 12.2. The van der Waals surface area contributed by atoms with Crippen LogP contribution in [-0.2, 0) is 4.79 Å².